The van der Waals surface area contributed by atoms with Crippen LogP contribution < -0.4 is 10.1 Å². The van der Waals surface area contributed by atoms with E-state index in [4.69, 9.17) is 17.7 Å². The Morgan fingerprint density at radius 3 is 2.53 bits per heavy atom. The maximum Gasteiger partial charge on any atom is 0.255 e. The molecule has 2 aromatic carbocycles. The predicted molar refractivity (Wildman–Crippen MR) is 138 cm³/mol. The van der Waals surface area contributed by atoms with Gasteiger partial charge in [0.25, 0.3) is 5.91 Å². The van der Waals surface area contributed by atoms with Crippen LogP contribution in [0.15, 0.2) is 36.4 Å². The van der Waals surface area contributed by atoms with Gasteiger partial charge in [0.15, 0.2) is 0 Å². The zero-order valence-corrected chi connectivity index (χ0v) is 21.7. The van der Waals surface area contributed by atoms with Gasteiger partial charge >= 0.3 is 0 Å². The summed E-state index contributed by atoms with van der Waals surface area (Å²) >= 11 is 0. The van der Waals surface area contributed by atoms with E-state index in [1.54, 1.807) is 4.90 Å². The summed E-state index contributed by atoms with van der Waals surface area (Å²) in [5.74, 6) is -3.95. The molecule has 3 heterocycles. The molecule has 9 heteroatoms. The summed E-state index contributed by atoms with van der Waals surface area (Å²) in [5, 5.41) is 1.82. The Kier molecular flexibility index (Phi) is 5.08. The molecule has 202 valence electrons. The van der Waals surface area contributed by atoms with Crippen molar-refractivity contribution in [2.75, 3.05) is 13.1 Å². The number of fused-ring (bicyclic) bond motifs is 1. The summed E-state index contributed by atoms with van der Waals surface area (Å²) in [6.45, 7) is 5.05. The van der Waals surface area contributed by atoms with Crippen LogP contribution in [0, 0.1) is 5.82 Å². The molecule has 1 atom stereocenters. The van der Waals surface area contributed by atoms with Crippen molar-refractivity contribution >= 4 is 17.7 Å². The monoisotopic (exact) mass is 529 g/mol. The first-order valence-electron chi connectivity index (χ1n) is 15.3. The largest absolute Gasteiger partial charge is 0.488 e. The fourth-order valence-electron chi connectivity index (χ4n) is 5.27. The zero-order valence-electron chi connectivity index (χ0n) is 27.7. The highest BCUT2D eigenvalue weighted by Crippen LogP contribution is 2.34. The van der Waals surface area contributed by atoms with Gasteiger partial charge in [0.2, 0.25) is 11.8 Å². The van der Waals surface area contributed by atoms with Gasteiger partial charge in [-0.2, -0.15) is 0 Å². The number of morpholine rings is 1. The van der Waals surface area contributed by atoms with Crippen LogP contribution in [-0.2, 0) is 34.0 Å². The Hall–Kier alpha value is -3.30. The number of benzene rings is 2. The van der Waals surface area contributed by atoms with Gasteiger partial charge in [-0.05, 0) is 46.2 Å². The Morgan fingerprint density at radius 2 is 1.79 bits per heavy atom. The molecule has 0 aromatic heterocycles. The number of ether oxygens (including phenoxy) is 2. The second-order valence-corrected chi connectivity index (χ2v) is 10.9. The molecular weight excluding hydrogens is 489 g/mol. The predicted octanol–water partition coefficient (Wildman–Crippen LogP) is 3.56. The van der Waals surface area contributed by atoms with Crippen LogP contribution in [-0.4, -0.2) is 57.9 Å². The average molecular weight is 530 g/mol. The second-order valence-electron chi connectivity index (χ2n) is 10.9. The molecular formula is C29H34FN3O5. The van der Waals surface area contributed by atoms with Crippen molar-refractivity contribution in [2.24, 2.45) is 0 Å². The first kappa shape index (κ1) is 19.7. The first-order valence-corrected chi connectivity index (χ1v) is 12.3. The summed E-state index contributed by atoms with van der Waals surface area (Å²) in [4.78, 5) is 40.4. The second kappa shape index (κ2) is 9.78. The highest BCUT2D eigenvalue weighted by Gasteiger charge is 2.40. The van der Waals surface area contributed by atoms with Gasteiger partial charge in [-0.3, -0.25) is 24.6 Å². The Morgan fingerprint density at radius 1 is 1.11 bits per heavy atom. The van der Waals surface area contributed by atoms with Crippen molar-refractivity contribution in [3.63, 3.8) is 0 Å². The lowest BCUT2D eigenvalue weighted by molar-refractivity contribution is -0.182. The maximum atomic E-state index is 15.9. The van der Waals surface area contributed by atoms with Gasteiger partial charge < -0.3 is 14.4 Å². The minimum absolute atomic E-state index is 0.0617. The van der Waals surface area contributed by atoms with Crippen molar-refractivity contribution < 1.29 is 36.5 Å². The van der Waals surface area contributed by atoms with Crippen molar-refractivity contribution in [1.29, 1.82) is 0 Å². The van der Waals surface area contributed by atoms with E-state index in [2.05, 4.69) is 0 Å². The summed E-state index contributed by atoms with van der Waals surface area (Å²) in [5.41, 5.74) is -1.06. The highest BCUT2D eigenvalue weighted by molar-refractivity contribution is 6.05. The standard InChI is InChI=1S/C29H34FN3O5/c1-28(2)16-32(17-29(3,4)38-28)13-18-7-5-8-19(25(18)30)15-37-23-10-6-9-20-21(23)14-33(27(20)36)22-11-12-24(34)31-26(22)35/h5-10,22H,11-17H2,1-4H3,(H,31,34,35)/i11D2,12D2,13D2. The molecule has 5 rings (SSSR count). The number of nitrogens with zero attached hydrogens (tertiary/aromatic N) is 2. The Bertz CT molecular complexity index is 1530. The van der Waals surface area contributed by atoms with Crippen molar-refractivity contribution in [2.45, 2.75) is 77.3 Å². The van der Waals surface area contributed by atoms with Gasteiger partial charge in [0, 0.05) is 56.4 Å². The number of carbonyl (C=O) groups is 3. The van der Waals surface area contributed by atoms with E-state index in [1.807, 2.05) is 33.0 Å². The van der Waals surface area contributed by atoms with Gasteiger partial charge in [-0.1, -0.05) is 24.3 Å². The quantitative estimate of drug-likeness (QED) is 0.576. The molecule has 8 nitrogen and oxygen atoms in total. The van der Waals surface area contributed by atoms with Gasteiger partial charge in [-0.15, -0.1) is 0 Å². The molecule has 1 N–H and O–H groups in total. The minimum atomic E-state index is -3.08. The normalized spacial score (nSPS) is 28.2. The Labute approximate surface area is 230 Å². The van der Waals surface area contributed by atoms with E-state index < -0.39 is 60.0 Å². The number of halogens is 1. The highest BCUT2D eigenvalue weighted by atomic mass is 19.1. The van der Waals surface area contributed by atoms with Crippen LogP contribution in [0.1, 0.15) is 75.7 Å². The van der Waals surface area contributed by atoms with Gasteiger partial charge in [0.05, 0.1) is 17.7 Å². The number of nitrogens with one attached hydrogen (secondary N) is 1. The third kappa shape index (κ3) is 5.31. The van der Waals surface area contributed by atoms with E-state index in [0.717, 1.165) is 4.90 Å². The van der Waals surface area contributed by atoms with Crippen LogP contribution in [0.2, 0.25) is 0 Å². The van der Waals surface area contributed by atoms with Crippen molar-refractivity contribution in [3.8, 4) is 5.75 Å². The summed E-state index contributed by atoms with van der Waals surface area (Å²) in [6.07, 6.45) is -6.11. The van der Waals surface area contributed by atoms with Crippen molar-refractivity contribution in [3.05, 3.63) is 64.5 Å². The molecule has 2 fully saturated rings. The molecule has 3 amide bonds. The van der Waals surface area contributed by atoms with Gasteiger partial charge in [-0.25, -0.2) is 4.39 Å². The molecule has 2 aromatic rings. The summed E-state index contributed by atoms with van der Waals surface area (Å²) < 4.78 is 78.0. The fourth-order valence-corrected chi connectivity index (χ4v) is 5.27. The molecule has 0 radical (unpaired) electrons. The average Bonchev–Trinajstić information content (AvgIpc) is 3.21. The number of hydrogen-bond donors (Lipinski definition) is 1. The smallest absolute Gasteiger partial charge is 0.255 e. The van der Waals surface area contributed by atoms with E-state index >= 15 is 4.39 Å². The molecule has 1 unspecified atom stereocenters. The van der Waals surface area contributed by atoms with Crippen molar-refractivity contribution in [1.82, 2.24) is 15.1 Å². The third-order valence-corrected chi connectivity index (χ3v) is 6.51. The summed E-state index contributed by atoms with van der Waals surface area (Å²) in [6, 6.07) is 6.91. The van der Waals surface area contributed by atoms with Crippen LogP contribution in [0.4, 0.5) is 4.39 Å². The number of piperidine rings is 1. The van der Waals surface area contributed by atoms with Crippen LogP contribution in [0.3, 0.4) is 0 Å². The molecule has 0 saturated carbocycles. The molecule has 3 aliphatic heterocycles. The van der Waals surface area contributed by atoms with Gasteiger partial charge in [0.1, 0.15) is 24.2 Å². The fraction of sp³-hybridized carbons (Fsp3) is 0.483. The third-order valence-electron chi connectivity index (χ3n) is 6.51. The topological polar surface area (TPSA) is 88.2 Å². The first-order chi connectivity index (χ1) is 20.2. The van der Waals surface area contributed by atoms with Crippen LogP contribution in [0.25, 0.3) is 0 Å². The van der Waals surface area contributed by atoms with E-state index in [1.165, 1.54) is 36.4 Å². The lowest BCUT2D eigenvalue weighted by Crippen LogP contribution is -2.56. The lowest BCUT2D eigenvalue weighted by Gasteiger charge is -2.47. The molecule has 38 heavy (non-hydrogen) atoms. The number of hydrogen-bond acceptors (Lipinski definition) is 6. The van der Waals surface area contributed by atoms with Crippen LogP contribution >= 0.6 is 0 Å². The zero-order chi connectivity index (χ0) is 32.6. The lowest BCUT2D eigenvalue weighted by atomic mass is 9.98. The minimum Gasteiger partial charge on any atom is -0.488 e. The SMILES string of the molecule is [2H]C([2H])(c1cccc(COc2cccc3c2CN(C2C(=O)NC(=O)C([2H])([2H])C2([2H])[2H])C3=O)c1F)N1CC(C)(C)OC(C)(C)C1. The maximum absolute atomic E-state index is 15.9. The summed E-state index contributed by atoms with van der Waals surface area (Å²) in [7, 11) is 0. The number of carbonyl (C=O) groups excluding carboxylic acids is 3. The molecule has 0 aliphatic carbocycles. The van der Waals surface area contributed by atoms with Crippen LogP contribution in [0.5, 0.6) is 5.75 Å². The van der Waals surface area contributed by atoms with E-state index in [9.17, 15) is 14.4 Å². The Balaban J connectivity index is 1.39. The number of amides is 3. The molecule has 0 bridgehead atoms. The molecule has 2 saturated heterocycles. The number of rotatable bonds is 6. The molecule has 0 spiro atoms. The molecule has 3 aliphatic rings. The number of imide groups is 1. The van der Waals surface area contributed by atoms with E-state index in [-0.39, 0.29) is 54.2 Å². The van der Waals surface area contributed by atoms with E-state index in [0.29, 0.717) is 0 Å².